The van der Waals surface area contributed by atoms with Gasteiger partial charge in [-0.2, -0.15) is 5.10 Å². The summed E-state index contributed by atoms with van der Waals surface area (Å²) in [7, 11) is 0. The number of benzene rings is 1. The molecular formula is C20H28FN5O. The lowest BCUT2D eigenvalue weighted by molar-refractivity contribution is -0.132. The summed E-state index contributed by atoms with van der Waals surface area (Å²) in [5.74, 6) is 0.383. The number of carbonyl (C=O) groups excluding carboxylic acids is 1. The Hall–Kier alpha value is -2.28. The molecule has 2 heterocycles. The lowest BCUT2D eigenvalue weighted by Crippen LogP contribution is -2.45. The van der Waals surface area contributed by atoms with Crippen LogP contribution in [0.1, 0.15) is 32.3 Å². The first-order valence-electron chi connectivity index (χ1n) is 9.61. The maximum atomic E-state index is 13.2. The number of aryl methyl sites for hydroxylation is 1. The molecule has 1 aromatic heterocycles. The van der Waals surface area contributed by atoms with Gasteiger partial charge in [-0.3, -0.25) is 14.4 Å². The fourth-order valence-electron chi connectivity index (χ4n) is 3.66. The van der Waals surface area contributed by atoms with E-state index >= 15 is 0 Å². The van der Waals surface area contributed by atoms with Gasteiger partial charge in [0.1, 0.15) is 18.5 Å². The highest BCUT2D eigenvalue weighted by atomic mass is 19.1. The van der Waals surface area contributed by atoms with Crippen molar-refractivity contribution in [3.63, 3.8) is 0 Å². The Morgan fingerprint density at radius 2 is 2.04 bits per heavy atom. The topological polar surface area (TPSA) is 54.3 Å². The molecule has 2 aromatic rings. The molecule has 1 fully saturated rings. The highest BCUT2D eigenvalue weighted by Crippen LogP contribution is 2.20. The van der Waals surface area contributed by atoms with Crippen LogP contribution >= 0.6 is 0 Å². The Morgan fingerprint density at radius 1 is 1.26 bits per heavy atom. The molecule has 3 rings (SSSR count). The lowest BCUT2D eigenvalue weighted by Gasteiger charge is -2.34. The minimum atomic E-state index is -0.209. The Kier molecular flexibility index (Phi) is 6.55. The highest BCUT2D eigenvalue weighted by Gasteiger charge is 2.29. The zero-order valence-electron chi connectivity index (χ0n) is 16.1. The van der Waals surface area contributed by atoms with E-state index in [1.807, 2.05) is 17.0 Å². The standard InChI is InChI=1S/C20H28FN5O/c1-16(2)19-13-25(20(27)8-11-26-15-22-14-23-26)10-3-9-24(19)12-17-4-6-18(21)7-5-17/h4-7,14-16,19H,3,8-13H2,1-2H3/t19-/m0/s1. The van der Waals surface area contributed by atoms with E-state index in [1.165, 1.54) is 18.5 Å². The molecule has 0 spiro atoms. The van der Waals surface area contributed by atoms with Crippen LogP contribution in [0, 0.1) is 11.7 Å². The van der Waals surface area contributed by atoms with E-state index < -0.39 is 0 Å². The predicted octanol–water partition coefficient (Wildman–Crippen LogP) is 2.57. The third kappa shape index (κ3) is 5.35. The number of aromatic nitrogens is 3. The van der Waals surface area contributed by atoms with Crippen molar-refractivity contribution in [1.29, 1.82) is 0 Å². The van der Waals surface area contributed by atoms with E-state index in [9.17, 15) is 9.18 Å². The van der Waals surface area contributed by atoms with E-state index in [-0.39, 0.29) is 17.8 Å². The number of nitrogens with zero attached hydrogens (tertiary/aromatic N) is 5. The summed E-state index contributed by atoms with van der Waals surface area (Å²) in [6, 6.07) is 7.00. The Bertz CT molecular complexity index is 716. The largest absolute Gasteiger partial charge is 0.341 e. The summed E-state index contributed by atoms with van der Waals surface area (Å²) >= 11 is 0. The predicted molar refractivity (Wildman–Crippen MR) is 101 cm³/mol. The average molecular weight is 373 g/mol. The third-order valence-electron chi connectivity index (χ3n) is 5.19. The van der Waals surface area contributed by atoms with Gasteiger partial charge in [-0.25, -0.2) is 9.37 Å². The van der Waals surface area contributed by atoms with E-state index in [0.717, 1.165) is 38.2 Å². The Balaban J connectivity index is 1.63. The molecule has 7 heteroatoms. The van der Waals surface area contributed by atoms with Gasteiger partial charge in [0.25, 0.3) is 0 Å². The molecule has 1 aliphatic rings. The van der Waals surface area contributed by atoms with Crippen LogP contribution in [0.3, 0.4) is 0 Å². The second-order valence-corrected chi connectivity index (χ2v) is 7.51. The molecule has 0 bridgehead atoms. The van der Waals surface area contributed by atoms with Crippen molar-refractivity contribution in [3.05, 3.63) is 48.3 Å². The minimum absolute atomic E-state index is 0.166. The molecule has 0 radical (unpaired) electrons. The molecule has 0 N–H and O–H groups in total. The Morgan fingerprint density at radius 3 is 2.70 bits per heavy atom. The fourth-order valence-corrected chi connectivity index (χ4v) is 3.66. The zero-order valence-corrected chi connectivity index (χ0v) is 16.1. The number of hydrogen-bond donors (Lipinski definition) is 0. The first kappa shape index (κ1) is 19.5. The molecule has 0 aliphatic carbocycles. The molecule has 6 nitrogen and oxygen atoms in total. The van der Waals surface area contributed by atoms with Gasteiger partial charge in [-0.1, -0.05) is 26.0 Å². The van der Waals surface area contributed by atoms with Crippen molar-refractivity contribution in [1.82, 2.24) is 24.6 Å². The Labute approximate surface area is 160 Å². The molecule has 1 aliphatic heterocycles. The number of carbonyl (C=O) groups is 1. The molecule has 0 unspecified atom stereocenters. The van der Waals surface area contributed by atoms with E-state index in [0.29, 0.717) is 18.9 Å². The molecular weight excluding hydrogens is 345 g/mol. The number of amides is 1. The van der Waals surface area contributed by atoms with Gasteiger partial charge >= 0.3 is 0 Å². The van der Waals surface area contributed by atoms with Crippen LogP contribution < -0.4 is 0 Å². The summed E-state index contributed by atoms with van der Waals surface area (Å²) in [6.07, 6.45) is 4.50. The van der Waals surface area contributed by atoms with Crippen LogP contribution in [0.4, 0.5) is 4.39 Å². The van der Waals surface area contributed by atoms with Crippen molar-refractivity contribution in [2.45, 2.75) is 45.8 Å². The van der Waals surface area contributed by atoms with Gasteiger partial charge in [0, 0.05) is 38.6 Å². The highest BCUT2D eigenvalue weighted by molar-refractivity contribution is 5.76. The molecule has 1 amide bonds. The van der Waals surface area contributed by atoms with Crippen LogP contribution in [0.2, 0.25) is 0 Å². The van der Waals surface area contributed by atoms with Gasteiger partial charge < -0.3 is 4.90 Å². The van der Waals surface area contributed by atoms with E-state index in [1.54, 1.807) is 11.0 Å². The van der Waals surface area contributed by atoms with Crippen molar-refractivity contribution < 1.29 is 9.18 Å². The van der Waals surface area contributed by atoms with Crippen LogP contribution in [0.5, 0.6) is 0 Å². The van der Waals surface area contributed by atoms with Crippen LogP contribution in [-0.2, 0) is 17.9 Å². The maximum Gasteiger partial charge on any atom is 0.224 e. The first-order valence-corrected chi connectivity index (χ1v) is 9.61. The van der Waals surface area contributed by atoms with E-state index in [4.69, 9.17) is 0 Å². The average Bonchev–Trinajstić information content (AvgIpc) is 3.08. The molecule has 1 atom stereocenters. The molecule has 1 saturated heterocycles. The maximum absolute atomic E-state index is 13.2. The summed E-state index contributed by atoms with van der Waals surface area (Å²) < 4.78 is 14.9. The summed E-state index contributed by atoms with van der Waals surface area (Å²) in [4.78, 5) is 21.1. The van der Waals surface area contributed by atoms with Gasteiger partial charge in [0.2, 0.25) is 5.91 Å². The summed E-state index contributed by atoms with van der Waals surface area (Å²) in [5, 5.41) is 4.06. The van der Waals surface area contributed by atoms with Crippen molar-refractivity contribution in [2.24, 2.45) is 5.92 Å². The fraction of sp³-hybridized carbons (Fsp3) is 0.550. The van der Waals surface area contributed by atoms with Crippen molar-refractivity contribution in [2.75, 3.05) is 19.6 Å². The van der Waals surface area contributed by atoms with Gasteiger partial charge in [-0.15, -0.1) is 0 Å². The lowest BCUT2D eigenvalue weighted by atomic mass is 10.0. The van der Waals surface area contributed by atoms with Gasteiger partial charge in [0.05, 0.1) is 6.54 Å². The van der Waals surface area contributed by atoms with Gasteiger partial charge in [0.15, 0.2) is 0 Å². The SMILES string of the molecule is CC(C)[C@@H]1CN(C(=O)CCn2cncn2)CCCN1Cc1ccc(F)cc1. The molecule has 27 heavy (non-hydrogen) atoms. The zero-order chi connectivity index (χ0) is 19.2. The van der Waals surface area contributed by atoms with Crippen molar-refractivity contribution >= 4 is 5.91 Å². The summed E-state index contributed by atoms with van der Waals surface area (Å²) in [6.45, 7) is 8.18. The number of hydrogen-bond acceptors (Lipinski definition) is 4. The third-order valence-corrected chi connectivity index (χ3v) is 5.19. The minimum Gasteiger partial charge on any atom is -0.341 e. The second-order valence-electron chi connectivity index (χ2n) is 7.51. The second kappa shape index (κ2) is 9.08. The van der Waals surface area contributed by atoms with Crippen molar-refractivity contribution in [3.8, 4) is 0 Å². The molecule has 0 saturated carbocycles. The monoisotopic (exact) mass is 373 g/mol. The summed E-state index contributed by atoms with van der Waals surface area (Å²) in [5.41, 5.74) is 1.10. The number of halogens is 1. The first-order chi connectivity index (χ1) is 13.0. The smallest absolute Gasteiger partial charge is 0.224 e. The quantitative estimate of drug-likeness (QED) is 0.781. The van der Waals surface area contributed by atoms with Crippen LogP contribution in [0.15, 0.2) is 36.9 Å². The molecule has 146 valence electrons. The van der Waals surface area contributed by atoms with Crippen LogP contribution in [0.25, 0.3) is 0 Å². The van der Waals surface area contributed by atoms with E-state index in [2.05, 4.69) is 28.8 Å². The molecule has 1 aromatic carbocycles. The van der Waals surface area contributed by atoms with Gasteiger partial charge in [-0.05, 0) is 30.0 Å². The van der Waals surface area contributed by atoms with Crippen LogP contribution in [-0.4, -0.2) is 56.1 Å². The number of rotatable bonds is 6. The normalized spacial score (nSPS) is 18.7.